The first-order valence-electron chi connectivity index (χ1n) is 12.3. The molecule has 0 amide bonds. The average Bonchev–Trinajstić information content (AvgIpc) is 3.02. The monoisotopic (exact) mass is 416 g/mol. The van der Waals surface area contributed by atoms with E-state index in [1.165, 1.54) is 50.5 Å². The summed E-state index contributed by atoms with van der Waals surface area (Å²) in [4.78, 5) is 0. The normalized spacial score (nSPS) is 38.8. The van der Waals surface area contributed by atoms with E-state index >= 15 is 0 Å². The van der Waals surface area contributed by atoms with Gasteiger partial charge in [0.15, 0.2) is 0 Å². The third kappa shape index (κ3) is 4.88. The molecule has 0 saturated heterocycles. The molecule has 3 heteroatoms. The number of rotatable bonds is 6. The smallest absolute Gasteiger partial charge is 0.119 e. The Balaban J connectivity index is 1.76. The van der Waals surface area contributed by atoms with E-state index in [0.29, 0.717) is 17.8 Å². The van der Waals surface area contributed by atoms with Crippen LogP contribution >= 0.6 is 0 Å². The molecule has 0 aliphatic heterocycles. The molecule has 3 rings (SSSR count). The Labute approximate surface area is 184 Å². The molecule has 6 atom stereocenters. The van der Waals surface area contributed by atoms with Crippen LogP contribution in [0.25, 0.3) is 0 Å². The van der Waals surface area contributed by atoms with E-state index in [-0.39, 0.29) is 12.2 Å². The number of fused-ring (bicyclic) bond motifs is 1. The van der Waals surface area contributed by atoms with Crippen LogP contribution in [0.3, 0.4) is 0 Å². The topological polar surface area (TPSA) is 60.7 Å². The lowest BCUT2D eigenvalue weighted by Gasteiger charge is -2.44. The molecule has 0 aromatic carbocycles. The fourth-order valence-corrected chi connectivity index (χ4v) is 6.79. The zero-order chi connectivity index (χ0) is 22.1. The maximum absolute atomic E-state index is 10.9. The van der Waals surface area contributed by atoms with Crippen molar-refractivity contribution in [2.75, 3.05) is 0 Å². The summed E-state index contributed by atoms with van der Waals surface area (Å²) in [6.45, 7) is 13.6. The summed E-state index contributed by atoms with van der Waals surface area (Å²) in [6, 6.07) is 0. The van der Waals surface area contributed by atoms with Crippen molar-refractivity contribution in [3.63, 3.8) is 0 Å². The van der Waals surface area contributed by atoms with E-state index < -0.39 is 12.2 Å². The number of aliphatic hydroxyl groups is 3. The van der Waals surface area contributed by atoms with Gasteiger partial charge in [0, 0.05) is 12.8 Å². The van der Waals surface area contributed by atoms with E-state index in [4.69, 9.17) is 0 Å². The van der Waals surface area contributed by atoms with Gasteiger partial charge >= 0.3 is 0 Å². The molecule has 0 aromatic heterocycles. The molecular formula is C27H44O3. The van der Waals surface area contributed by atoms with Gasteiger partial charge in [0.1, 0.15) is 5.76 Å². The zero-order valence-corrected chi connectivity index (χ0v) is 19.7. The van der Waals surface area contributed by atoms with Gasteiger partial charge in [-0.15, -0.1) is 0 Å². The van der Waals surface area contributed by atoms with Crippen LogP contribution < -0.4 is 0 Å². The molecule has 0 radical (unpaired) electrons. The molecule has 3 nitrogen and oxygen atoms in total. The third-order valence-electron chi connectivity index (χ3n) is 8.54. The van der Waals surface area contributed by atoms with Crippen molar-refractivity contribution in [2.24, 2.45) is 29.1 Å². The van der Waals surface area contributed by atoms with Crippen molar-refractivity contribution in [3.05, 3.63) is 35.1 Å². The number of allylic oxidation sites excluding steroid dienone is 2. The zero-order valence-electron chi connectivity index (χ0n) is 19.7. The van der Waals surface area contributed by atoms with Crippen molar-refractivity contribution < 1.29 is 15.3 Å². The fourth-order valence-electron chi connectivity index (χ4n) is 6.79. The fraction of sp³-hybridized carbons (Fsp3) is 0.778. The summed E-state index contributed by atoms with van der Waals surface area (Å²) in [6.07, 6.45) is 11.1. The molecule has 170 valence electrons. The van der Waals surface area contributed by atoms with Crippen LogP contribution in [0.2, 0.25) is 0 Å². The molecule has 30 heavy (non-hydrogen) atoms. The molecule has 3 saturated carbocycles. The Morgan fingerprint density at radius 3 is 2.53 bits per heavy atom. The maximum atomic E-state index is 10.9. The van der Waals surface area contributed by atoms with E-state index in [9.17, 15) is 15.3 Å². The van der Waals surface area contributed by atoms with Gasteiger partial charge in [-0.2, -0.15) is 0 Å². The van der Waals surface area contributed by atoms with Gasteiger partial charge in [0.05, 0.1) is 12.2 Å². The van der Waals surface area contributed by atoms with Gasteiger partial charge in [0.25, 0.3) is 0 Å². The first-order chi connectivity index (χ1) is 14.1. The minimum atomic E-state index is -0.815. The summed E-state index contributed by atoms with van der Waals surface area (Å²) >= 11 is 0. The predicted molar refractivity (Wildman–Crippen MR) is 124 cm³/mol. The van der Waals surface area contributed by atoms with E-state index in [1.54, 1.807) is 0 Å². The van der Waals surface area contributed by atoms with Gasteiger partial charge in [-0.05, 0) is 78.4 Å². The highest BCUT2D eigenvalue weighted by molar-refractivity contribution is 5.40. The van der Waals surface area contributed by atoms with Crippen LogP contribution in [-0.4, -0.2) is 27.5 Å². The molecule has 3 N–H and O–H groups in total. The lowest BCUT2D eigenvalue weighted by Crippen LogP contribution is -2.36. The minimum Gasteiger partial charge on any atom is -0.508 e. The number of hydrogen-bond acceptors (Lipinski definition) is 3. The van der Waals surface area contributed by atoms with E-state index in [1.807, 2.05) is 6.08 Å². The molecule has 0 spiro atoms. The van der Waals surface area contributed by atoms with Gasteiger partial charge in [-0.3, -0.25) is 0 Å². The average molecular weight is 417 g/mol. The summed E-state index contributed by atoms with van der Waals surface area (Å²) in [5, 5.41) is 30.8. The first-order valence-corrected chi connectivity index (χ1v) is 12.3. The lowest BCUT2D eigenvalue weighted by molar-refractivity contribution is 0.0130. The Hall–Kier alpha value is -1.06. The van der Waals surface area contributed by atoms with E-state index in [2.05, 4.69) is 34.3 Å². The molecule has 3 aliphatic rings. The summed E-state index contributed by atoms with van der Waals surface area (Å²) < 4.78 is 0. The van der Waals surface area contributed by atoms with Crippen LogP contribution in [0.1, 0.15) is 91.9 Å². The quantitative estimate of drug-likeness (QED) is 0.435. The Kier molecular flexibility index (Phi) is 7.56. The van der Waals surface area contributed by atoms with Crippen LogP contribution in [0, 0.1) is 29.1 Å². The first kappa shape index (κ1) is 23.6. The van der Waals surface area contributed by atoms with Crippen molar-refractivity contribution in [3.8, 4) is 0 Å². The second-order valence-electron chi connectivity index (χ2n) is 11.1. The molecule has 2 unspecified atom stereocenters. The minimum absolute atomic E-state index is 0.263. The maximum Gasteiger partial charge on any atom is 0.119 e. The Morgan fingerprint density at radius 1 is 1.13 bits per heavy atom. The highest BCUT2D eigenvalue weighted by Crippen LogP contribution is 2.60. The predicted octanol–water partition coefficient (Wildman–Crippen LogP) is 6.48. The molecular weight excluding hydrogens is 372 g/mol. The van der Waals surface area contributed by atoms with Gasteiger partial charge in [-0.1, -0.05) is 59.1 Å². The van der Waals surface area contributed by atoms with Gasteiger partial charge in [0.2, 0.25) is 0 Å². The molecule has 3 aliphatic carbocycles. The standard InChI is InChI=1S/C27H44O3/c1-17(2)8-6-9-18(3)22-11-12-23-20(10-7-13-27(22,23)5)15-24(28)21-16-26(30)25(29)14-19(21)4/h15,17-18,22-23,25-26,28-30H,4,6-14,16H2,1-3,5H3/b20-15?,24-21+/t18-,22-,23?,25?,26-,27-/m1/s1. The van der Waals surface area contributed by atoms with Crippen molar-refractivity contribution >= 4 is 0 Å². The summed E-state index contributed by atoms with van der Waals surface area (Å²) in [5.74, 6) is 3.14. The Bertz CT molecular complexity index is 688. The highest BCUT2D eigenvalue weighted by atomic mass is 16.3. The molecule has 0 heterocycles. The number of aliphatic hydroxyl groups excluding tert-OH is 3. The van der Waals surface area contributed by atoms with Crippen LogP contribution in [0.15, 0.2) is 35.1 Å². The number of hydrogen-bond donors (Lipinski definition) is 3. The molecule has 0 bridgehead atoms. The summed E-state index contributed by atoms with van der Waals surface area (Å²) in [5.41, 5.74) is 3.21. The van der Waals surface area contributed by atoms with Crippen molar-refractivity contribution in [2.45, 2.75) is 104 Å². The SMILES string of the molecule is C=C1CC(O)[C@H](O)C/C1=C(\O)C=C1CCC[C@@]2(C)C1CC[C@@H]2[C@H](C)CCCC(C)C. The van der Waals surface area contributed by atoms with Crippen LogP contribution in [-0.2, 0) is 0 Å². The van der Waals surface area contributed by atoms with Gasteiger partial charge < -0.3 is 15.3 Å². The lowest BCUT2D eigenvalue weighted by atomic mass is 9.60. The van der Waals surface area contributed by atoms with Crippen LogP contribution in [0.5, 0.6) is 0 Å². The largest absolute Gasteiger partial charge is 0.508 e. The second kappa shape index (κ2) is 9.61. The van der Waals surface area contributed by atoms with Crippen molar-refractivity contribution in [1.29, 1.82) is 0 Å². The molecule has 0 aromatic rings. The van der Waals surface area contributed by atoms with Gasteiger partial charge in [-0.25, -0.2) is 0 Å². The Morgan fingerprint density at radius 2 is 1.83 bits per heavy atom. The third-order valence-corrected chi connectivity index (χ3v) is 8.54. The second-order valence-corrected chi connectivity index (χ2v) is 11.1. The van der Waals surface area contributed by atoms with Crippen LogP contribution in [0.4, 0.5) is 0 Å². The summed E-state index contributed by atoms with van der Waals surface area (Å²) in [7, 11) is 0. The van der Waals surface area contributed by atoms with Crippen molar-refractivity contribution in [1.82, 2.24) is 0 Å². The van der Waals surface area contributed by atoms with E-state index in [0.717, 1.165) is 35.3 Å². The molecule has 3 fully saturated rings. The highest BCUT2D eigenvalue weighted by Gasteiger charge is 2.50.